The zero-order chi connectivity index (χ0) is 26.7. The summed E-state index contributed by atoms with van der Waals surface area (Å²) in [6.07, 6.45) is -0.675. The van der Waals surface area contributed by atoms with Gasteiger partial charge in [-0.3, -0.25) is 4.39 Å². The first kappa shape index (κ1) is 27.3. The maximum absolute atomic E-state index is 14.5. The summed E-state index contributed by atoms with van der Waals surface area (Å²) in [7, 11) is 0. The molecule has 0 fully saturated rings. The molecule has 0 aliphatic rings. The molecule has 0 unspecified atom stereocenters. The van der Waals surface area contributed by atoms with Crippen molar-refractivity contribution in [3.63, 3.8) is 0 Å². The van der Waals surface area contributed by atoms with Gasteiger partial charge in [-0.2, -0.15) is 8.78 Å². The first-order chi connectivity index (χ1) is 17.8. The Labute approximate surface area is 212 Å². The Balaban J connectivity index is 1.45. The Morgan fingerprint density at radius 2 is 1.57 bits per heavy atom. The zero-order valence-electron chi connectivity index (χ0n) is 19.9. The van der Waals surface area contributed by atoms with Gasteiger partial charge < -0.3 is 30.4 Å². The number of hydrogen-bond donors (Lipinski definition) is 2. The first-order valence-electron chi connectivity index (χ1n) is 11.4. The average molecular weight is 517 g/mol. The van der Waals surface area contributed by atoms with Gasteiger partial charge in [-0.05, 0) is 66.2 Å². The van der Waals surface area contributed by atoms with E-state index >= 15 is 0 Å². The maximum Gasteiger partial charge on any atom is 0.426 e. The van der Waals surface area contributed by atoms with Gasteiger partial charge in [0.25, 0.3) is 0 Å². The molecule has 37 heavy (non-hydrogen) atoms. The molecule has 0 aliphatic carbocycles. The van der Waals surface area contributed by atoms with Gasteiger partial charge in [0.15, 0.2) is 0 Å². The van der Waals surface area contributed by atoms with Crippen LogP contribution in [0.4, 0.5) is 24.5 Å². The molecule has 0 atom stereocenters. The number of carbonyl (C=O) groups excluding carboxylic acids is 1. The number of carbonyl (C=O) groups is 1. The molecule has 0 amide bonds. The van der Waals surface area contributed by atoms with E-state index < -0.39 is 18.8 Å². The van der Waals surface area contributed by atoms with Gasteiger partial charge in [-0.15, -0.1) is 0 Å². The molecule has 0 spiro atoms. The summed E-state index contributed by atoms with van der Waals surface area (Å²) < 4.78 is 61.8. The minimum absolute atomic E-state index is 0.000422. The van der Waals surface area contributed by atoms with Crippen LogP contribution in [0.2, 0.25) is 0 Å². The van der Waals surface area contributed by atoms with Gasteiger partial charge in [0.2, 0.25) is 0 Å². The molecular formula is C27H27F3N2O5. The minimum atomic E-state index is -3.59. The van der Waals surface area contributed by atoms with Crippen LogP contribution >= 0.6 is 0 Å². The zero-order valence-corrected chi connectivity index (χ0v) is 19.9. The predicted octanol–water partition coefficient (Wildman–Crippen LogP) is 5.35. The lowest BCUT2D eigenvalue weighted by Gasteiger charge is -2.18. The number of esters is 1. The van der Waals surface area contributed by atoms with Crippen LogP contribution in [0.25, 0.3) is 6.08 Å². The van der Waals surface area contributed by atoms with E-state index in [0.717, 1.165) is 0 Å². The second-order valence-electron chi connectivity index (χ2n) is 7.75. The van der Waals surface area contributed by atoms with Crippen LogP contribution < -0.4 is 25.7 Å². The number of benzene rings is 3. The fraction of sp³-hybridized carbons (Fsp3) is 0.222. The van der Waals surface area contributed by atoms with Crippen LogP contribution in [0, 0.1) is 0 Å². The van der Waals surface area contributed by atoms with E-state index in [1.165, 1.54) is 60.7 Å². The first-order valence-corrected chi connectivity index (χ1v) is 11.4. The summed E-state index contributed by atoms with van der Waals surface area (Å²) in [6.45, 7) is -0.251. The molecule has 3 aromatic rings. The van der Waals surface area contributed by atoms with Gasteiger partial charge >= 0.3 is 12.1 Å². The van der Waals surface area contributed by atoms with Crippen molar-refractivity contribution in [3.05, 3.63) is 83.9 Å². The fourth-order valence-electron chi connectivity index (χ4n) is 3.05. The molecule has 3 rings (SSSR count). The average Bonchev–Trinajstić information content (AvgIpc) is 2.87. The second-order valence-corrected chi connectivity index (χ2v) is 7.75. The van der Waals surface area contributed by atoms with Crippen LogP contribution in [0.5, 0.6) is 17.2 Å². The molecule has 7 nitrogen and oxygen atoms in total. The third kappa shape index (κ3) is 8.68. The molecule has 0 aliphatic heterocycles. The van der Waals surface area contributed by atoms with E-state index in [9.17, 15) is 18.0 Å². The van der Waals surface area contributed by atoms with Crippen molar-refractivity contribution in [2.45, 2.75) is 12.5 Å². The number of nitrogens with two attached hydrogens (primary N) is 2. The number of ether oxygens (including phenoxy) is 4. The van der Waals surface area contributed by atoms with Crippen molar-refractivity contribution < 1.29 is 36.9 Å². The normalized spacial score (nSPS) is 11.3. The van der Waals surface area contributed by atoms with Gasteiger partial charge in [-0.25, -0.2) is 4.79 Å². The lowest BCUT2D eigenvalue weighted by molar-refractivity contribution is -0.185. The second kappa shape index (κ2) is 13.1. The summed E-state index contributed by atoms with van der Waals surface area (Å²) in [5.74, 6) is 0.136. The SMILES string of the molecule is Nc1ccc(OCCOC(=O)/C=C/c2ccc(OC(F)(F)c3ccc(OCCCF)cc3)cc2)c(N)c1. The molecule has 0 aromatic heterocycles. The Hall–Kier alpha value is -4.34. The molecule has 0 radical (unpaired) electrons. The number of halogens is 3. The van der Waals surface area contributed by atoms with Gasteiger partial charge in [0.1, 0.15) is 30.5 Å². The maximum atomic E-state index is 14.5. The van der Waals surface area contributed by atoms with E-state index in [1.54, 1.807) is 18.2 Å². The largest absolute Gasteiger partial charge is 0.494 e. The van der Waals surface area contributed by atoms with Crippen molar-refractivity contribution in [1.29, 1.82) is 0 Å². The number of hydrogen-bond acceptors (Lipinski definition) is 7. The minimum Gasteiger partial charge on any atom is -0.494 e. The van der Waals surface area contributed by atoms with Crippen LogP contribution in [-0.2, 0) is 15.6 Å². The highest BCUT2D eigenvalue weighted by Gasteiger charge is 2.34. The van der Waals surface area contributed by atoms with E-state index in [4.69, 9.17) is 30.4 Å². The Kier molecular flexibility index (Phi) is 9.65. The monoisotopic (exact) mass is 516 g/mol. The Morgan fingerprint density at radius 3 is 2.24 bits per heavy atom. The molecule has 10 heteroatoms. The smallest absolute Gasteiger partial charge is 0.426 e. The van der Waals surface area contributed by atoms with E-state index in [-0.39, 0.29) is 37.6 Å². The fourth-order valence-corrected chi connectivity index (χ4v) is 3.05. The van der Waals surface area contributed by atoms with E-state index in [2.05, 4.69) is 0 Å². The van der Waals surface area contributed by atoms with E-state index in [1.807, 2.05) is 0 Å². The highest BCUT2D eigenvalue weighted by atomic mass is 19.3. The quantitative estimate of drug-likeness (QED) is 0.136. The van der Waals surface area contributed by atoms with Crippen molar-refractivity contribution in [3.8, 4) is 17.2 Å². The van der Waals surface area contributed by atoms with Crippen LogP contribution in [-0.4, -0.2) is 32.5 Å². The number of anilines is 2. The van der Waals surface area contributed by atoms with Crippen molar-refractivity contribution in [2.75, 3.05) is 38.0 Å². The van der Waals surface area contributed by atoms with Crippen LogP contribution in [0.15, 0.2) is 72.8 Å². The Bertz CT molecular complexity index is 1190. The Morgan fingerprint density at radius 1 is 0.865 bits per heavy atom. The van der Waals surface area contributed by atoms with Gasteiger partial charge in [-0.1, -0.05) is 12.1 Å². The van der Waals surface area contributed by atoms with Crippen LogP contribution in [0.3, 0.4) is 0 Å². The van der Waals surface area contributed by atoms with E-state index in [0.29, 0.717) is 28.4 Å². The molecule has 0 saturated carbocycles. The highest BCUT2D eigenvalue weighted by molar-refractivity contribution is 5.87. The lowest BCUT2D eigenvalue weighted by Crippen LogP contribution is -2.21. The van der Waals surface area contributed by atoms with Crippen molar-refractivity contribution in [1.82, 2.24) is 0 Å². The third-order valence-electron chi connectivity index (χ3n) is 4.89. The molecule has 196 valence electrons. The van der Waals surface area contributed by atoms with Gasteiger partial charge in [0.05, 0.1) is 24.5 Å². The molecule has 0 bridgehead atoms. The molecular weight excluding hydrogens is 489 g/mol. The van der Waals surface area contributed by atoms with Crippen molar-refractivity contribution in [2.24, 2.45) is 0 Å². The third-order valence-corrected chi connectivity index (χ3v) is 4.89. The summed E-state index contributed by atoms with van der Waals surface area (Å²) in [5, 5.41) is 0. The summed E-state index contributed by atoms with van der Waals surface area (Å²) >= 11 is 0. The number of rotatable bonds is 13. The molecule has 0 heterocycles. The number of nitrogen functional groups attached to an aromatic ring is 2. The summed E-state index contributed by atoms with van der Waals surface area (Å²) in [5.41, 5.74) is 12.5. The highest BCUT2D eigenvalue weighted by Crippen LogP contribution is 2.32. The molecule has 4 N–H and O–H groups in total. The van der Waals surface area contributed by atoms with Crippen LogP contribution in [0.1, 0.15) is 17.5 Å². The number of alkyl halides is 3. The molecule has 0 saturated heterocycles. The standard InChI is InChI=1S/C27H27F3N2O5/c28-14-1-15-34-22-10-5-20(6-11-22)27(29,30)37-23-8-2-19(3-9-23)4-13-26(33)36-17-16-35-25-12-7-21(31)18-24(25)32/h2-13,18H,1,14-17,31-32H2/b13-4+. The predicted molar refractivity (Wildman–Crippen MR) is 134 cm³/mol. The lowest BCUT2D eigenvalue weighted by atomic mass is 10.2. The topological polar surface area (TPSA) is 106 Å². The molecule has 3 aromatic carbocycles. The van der Waals surface area contributed by atoms with Gasteiger partial charge in [0, 0.05) is 18.2 Å². The summed E-state index contributed by atoms with van der Waals surface area (Å²) in [6, 6.07) is 15.7. The van der Waals surface area contributed by atoms with Crippen molar-refractivity contribution >= 4 is 23.4 Å². The summed E-state index contributed by atoms with van der Waals surface area (Å²) in [4.78, 5) is 11.9.